The predicted octanol–water partition coefficient (Wildman–Crippen LogP) is 2.62. The van der Waals surface area contributed by atoms with Gasteiger partial charge in [-0.3, -0.25) is 0 Å². The molecule has 0 spiro atoms. The van der Waals surface area contributed by atoms with Crippen molar-refractivity contribution < 1.29 is 8.42 Å². The minimum absolute atomic E-state index is 0.0205. The van der Waals surface area contributed by atoms with Gasteiger partial charge in [-0.05, 0) is 38.7 Å². The van der Waals surface area contributed by atoms with E-state index in [1.54, 1.807) is 0 Å². The van der Waals surface area contributed by atoms with Gasteiger partial charge in [0.15, 0.2) is 0 Å². The number of nitrogens with zero attached hydrogens (tertiary/aromatic N) is 3. The van der Waals surface area contributed by atoms with E-state index < -0.39 is 10.0 Å². The van der Waals surface area contributed by atoms with Crippen LogP contribution in [0.25, 0.3) is 0 Å². The molecule has 1 aromatic carbocycles. The fraction of sp³-hybridized carbons (Fsp3) is 0.500. The summed E-state index contributed by atoms with van der Waals surface area (Å²) in [5, 5.41) is 3.13. The number of benzene rings is 1. The van der Waals surface area contributed by atoms with Gasteiger partial charge in [0.2, 0.25) is 16.0 Å². The van der Waals surface area contributed by atoms with E-state index in [1.807, 2.05) is 44.2 Å². The molecule has 28 heavy (non-hydrogen) atoms. The monoisotopic (exact) mass is 403 g/mol. The molecule has 1 aliphatic rings. The highest BCUT2D eigenvalue weighted by Gasteiger charge is 2.14. The smallest absolute Gasteiger partial charge is 0.224 e. The van der Waals surface area contributed by atoms with Crippen LogP contribution in [0.2, 0.25) is 0 Å². The summed E-state index contributed by atoms with van der Waals surface area (Å²) in [7, 11) is -3.37. The zero-order valence-electron chi connectivity index (χ0n) is 16.6. The minimum Gasteiger partial charge on any atom is -0.356 e. The summed E-state index contributed by atoms with van der Waals surface area (Å²) in [4.78, 5) is 11.3. The molecule has 0 radical (unpaired) electrons. The average Bonchev–Trinajstić information content (AvgIpc) is 2.67. The molecule has 0 saturated carbocycles. The van der Waals surface area contributed by atoms with Crippen LogP contribution in [0.1, 0.15) is 36.1 Å². The van der Waals surface area contributed by atoms with Gasteiger partial charge in [-0.1, -0.05) is 29.8 Å². The molecule has 2 aromatic rings. The van der Waals surface area contributed by atoms with Crippen molar-refractivity contribution in [2.75, 3.05) is 36.4 Å². The number of sulfonamides is 1. The van der Waals surface area contributed by atoms with Crippen LogP contribution >= 0.6 is 0 Å². The average molecular weight is 404 g/mol. The lowest BCUT2D eigenvalue weighted by Crippen LogP contribution is -2.31. The van der Waals surface area contributed by atoms with Crippen LogP contribution in [0, 0.1) is 13.8 Å². The molecule has 7 nitrogen and oxygen atoms in total. The van der Waals surface area contributed by atoms with Gasteiger partial charge in [0, 0.05) is 37.9 Å². The van der Waals surface area contributed by atoms with E-state index in [2.05, 4.69) is 24.9 Å². The normalized spacial score (nSPS) is 14.9. The standard InChI is InChI=1S/C20H29N5O2S/c1-16-6-8-18(9-7-16)15-28(26,27)22-11-10-21-20-23-17(2)14-19(24-20)25-12-4-3-5-13-25/h6-9,14,22H,3-5,10-13,15H2,1-2H3,(H,21,23,24). The highest BCUT2D eigenvalue weighted by molar-refractivity contribution is 7.88. The summed E-state index contributed by atoms with van der Waals surface area (Å²) in [6.45, 7) is 6.68. The second kappa shape index (κ2) is 9.34. The highest BCUT2D eigenvalue weighted by atomic mass is 32.2. The minimum atomic E-state index is -3.37. The highest BCUT2D eigenvalue weighted by Crippen LogP contribution is 2.19. The maximum Gasteiger partial charge on any atom is 0.224 e. The number of rotatable bonds is 8. The van der Waals surface area contributed by atoms with E-state index in [1.165, 1.54) is 19.3 Å². The van der Waals surface area contributed by atoms with Crippen molar-refractivity contribution in [3.05, 3.63) is 47.2 Å². The first kappa shape index (κ1) is 20.5. The molecule has 1 aromatic heterocycles. The molecule has 1 aliphatic heterocycles. The zero-order valence-corrected chi connectivity index (χ0v) is 17.4. The summed E-state index contributed by atoms with van der Waals surface area (Å²) in [5.41, 5.74) is 2.79. The SMILES string of the molecule is Cc1ccc(CS(=O)(=O)NCCNc2nc(C)cc(N3CCCCC3)n2)cc1. The zero-order chi connectivity index (χ0) is 20.0. The number of hydrogen-bond acceptors (Lipinski definition) is 6. The van der Waals surface area contributed by atoms with Crippen molar-refractivity contribution in [3.8, 4) is 0 Å². The van der Waals surface area contributed by atoms with Gasteiger partial charge in [-0.15, -0.1) is 0 Å². The first-order chi connectivity index (χ1) is 13.4. The van der Waals surface area contributed by atoms with Crippen LogP contribution in [0.4, 0.5) is 11.8 Å². The van der Waals surface area contributed by atoms with E-state index in [4.69, 9.17) is 0 Å². The summed E-state index contributed by atoms with van der Waals surface area (Å²) < 4.78 is 27.1. The third-order valence-electron chi connectivity index (χ3n) is 4.73. The van der Waals surface area contributed by atoms with Crippen molar-refractivity contribution >= 4 is 21.8 Å². The second-order valence-electron chi connectivity index (χ2n) is 7.30. The van der Waals surface area contributed by atoms with Crippen molar-refractivity contribution in [2.45, 2.75) is 38.9 Å². The Hall–Kier alpha value is -2.19. The number of aromatic nitrogens is 2. The Morgan fingerprint density at radius 3 is 2.43 bits per heavy atom. The van der Waals surface area contributed by atoms with Crippen molar-refractivity contribution in [1.82, 2.24) is 14.7 Å². The molecule has 8 heteroatoms. The Balaban J connectivity index is 1.50. The Morgan fingerprint density at radius 2 is 1.71 bits per heavy atom. The van der Waals surface area contributed by atoms with E-state index in [-0.39, 0.29) is 12.3 Å². The van der Waals surface area contributed by atoms with Crippen molar-refractivity contribution in [1.29, 1.82) is 0 Å². The molecule has 1 fully saturated rings. The van der Waals surface area contributed by atoms with E-state index >= 15 is 0 Å². The molecule has 0 atom stereocenters. The van der Waals surface area contributed by atoms with Crippen LogP contribution in [0.5, 0.6) is 0 Å². The first-order valence-electron chi connectivity index (χ1n) is 9.79. The molecule has 2 N–H and O–H groups in total. The number of piperidine rings is 1. The van der Waals surface area contributed by atoms with Gasteiger partial charge < -0.3 is 10.2 Å². The molecular weight excluding hydrogens is 374 g/mol. The summed E-state index contributed by atoms with van der Waals surface area (Å²) in [6.07, 6.45) is 3.65. The van der Waals surface area contributed by atoms with Gasteiger partial charge in [0.25, 0.3) is 0 Å². The maximum absolute atomic E-state index is 12.2. The number of anilines is 2. The lowest BCUT2D eigenvalue weighted by atomic mass is 10.1. The third-order valence-corrected chi connectivity index (χ3v) is 6.09. The molecule has 0 amide bonds. The van der Waals surface area contributed by atoms with Crippen LogP contribution < -0.4 is 14.9 Å². The van der Waals surface area contributed by atoms with Gasteiger partial charge in [0.1, 0.15) is 5.82 Å². The molecule has 0 aliphatic carbocycles. The molecule has 3 rings (SSSR count). The van der Waals surface area contributed by atoms with Gasteiger partial charge in [-0.2, -0.15) is 4.98 Å². The van der Waals surface area contributed by atoms with Crippen molar-refractivity contribution in [3.63, 3.8) is 0 Å². The predicted molar refractivity (Wildman–Crippen MR) is 113 cm³/mol. The number of hydrogen-bond donors (Lipinski definition) is 2. The van der Waals surface area contributed by atoms with E-state index in [0.29, 0.717) is 12.5 Å². The molecule has 2 heterocycles. The Morgan fingerprint density at radius 1 is 1.00 bits per heavy atom. The number of nitrogens with one attached hydrogen (secondary N) is 2. The third kappa shape index (κ3) is 6.17. The first-order valence-corrected chi connectivity index (χ1v) is 11.4. The Labute approximate surface area is 167 Å². The molecule has 0 bridgehead atoms. The summed E-state index contributed by atoms with van der Waals surface area (Å²) in [6, 6.07) is 9.52. The maximum atomic E-state index is 12.2. The summed E-state index contributed by atoms with van der Waals surface area (Å²) in [5.74, 6) is 1.46. The Kier molecular flexibility index (Phi) is 6.85. The fourth-order valence-corrected chi connectivity index (χ4v) is 4.40. The summed E-state index contributed by atoms with van der Waals surface area (Å²) >= 11 is 0. The van der Waals surface area contributed by atoms with Gasteiger partial charge >= 0.3 is 0 Å². The fourth-order valence-electron chi connectivity index (χ4n) is 3.25. The largest absolute Gasteiger partial charge is 0.356 e. The van der Waals surface area contributed by atoms with Crippen molar-refractivity contribution in [2.24, 2.45) is 0 Å². The second-order valence-corrected chi connectivity index (χ2v) is 9.11. The van der Waals surface area contributed by atoms with Crippen LogP contribution in [0.3, 0.4) is 0 Å². The molecule has 1 saturated heterocycles. The number of aryl methyl sites for hydroxylation is 2. The van der Waals surface area contributed by atoms with Crippen LogP contribution in [-0.2, 0) is 15.8 Å². The topological polar surface area (TPSA) is 87.2 Å². The van der Waals surface area contributed by atoms with Crippen LogP contribution in [0.15, 0.2) is 30.3 Å². The molecular formula is C20H29N5O2S. The lowest BCUT2D eigenvalue weighted by molar-refractivity contribution is 0.573. The van der Waals surface area contributed by atoms with E-state index in [0.717, 1.165) is 35.7 Å². The van der Waals surface area contributed by atoms with Gasteiger partial charge in [0.05, 0.1) is 5.75 Å². The molecule has 0 unspecified atom stereocenters. The van der Waals surface area contributed by atoms with Crippen LogP contribution in [-0.4, -0.2) is 44.6 Å². The lowest BCUT2D eigenvalue weighted by Gasteiger charge is -2.28. The molecule has 152 valence electrons. The Bertz CT molecular complexity index is 878. The van der Waals surface area contributed by atoms with Gasteiger partial charge in [-0.25, -0.2) is 18.1 Å². The van der Waals surface area contributed by atoms with E-state index in [9.17, 15) is 8.42 Å². The quantitative estimate of drug-likeness (QED) is 0.659.